The quantitative estimate of drug-likeness (QED) is 0.403. The maximum absolute atomic E-state index is 12.0. The Morgan fingerprint density at radius 1 is 1.35 bits per heavy atom. The van der Waals surface area contributed by atoms with Crippen molar-refractivity contribution in [2.45, 2.75) is 38.5 Å². The smallest absolute Gasteiger partial charge is 0.244 e. The molecule has 1 atom stereocenters. The molecule has 6 heteroatoms. The lowest BCUT2D eigenvalue weighted by Gasteiger charge is -2.15. The first kappa shape index (κ1) is 16.7. The van der Waals surface area contributed by atoms with Crippen LogP contribution in [-0.4, -0.2) is 36.8 Å². The number of ether oxygens (including phenoxy) is 1. The summed E-state index contributed by atoms with van der Waals surface area (Å²) in [7, 11) is 0. The molecule has 0 fully saturated rings. The van der Waals surface area contributed by atoms with Gasteiger partial charge in [-0.1, -0.05) is 12.2 Å². The molecular formula is C14H24N2O4. The molecule has 0 radical (unpaired) electrons. The first-order chi connectivity index (χ1) is 9.74. The molecule has 3 N–H and O–H groups in total. The molecule has 0 bridgehead atoms. The van der Waals surface area contributed by atoms with Crippen molar-refractivity contribution in [2.75, 3.05) is 19.8 Å². The molecule has 0 aromatic carbocycles. The number of carbonyl (C=O) groups excluding carboxylic acids is 2. The summed E-state index contributed by atoms with van der Waals surface area (Å²) in [5.41, 5.74) is 1.58. The predicted molar refractivity (Wildman–Crippen MR) is 74.1 cm³/mol. The fourth-order valence-corrected chi connectivity index (χ4v) is 2.09. The molecule has 1 aliphatic rings. The molecule has 20 heavy (non-hydrogen) atoms. The van der Waals surface area contributed by atoms with Gasteiger partial charge in [0.25, 0.3) is 0 Å². The molecule has 1 unspecified atom stereocenters. The molecule has 1 aliphatic heterocycles. The number of carbonyl (C=O) groups is 2. The minimum absolute atomic E-state index is 0.00295. The molecule has 0 aliphatic carbocycles. The van der Waals surface area contributed by atoms with Crippen molar-refractivity contribution in [3.8, 4) is 0 Å². The van der Waals surface area contributed by atoms with Crippen LogP contribution in [0.25, 0.3) is 0 Å². The van der Waals surface area contributed by atoms with Gasteiger partial charge in [-0.2, -0.15) is 0 Å². The summed E-state index contributed by atoms with van der Waals surface area (Å²) >= 11 is 0. The van der Waals surface area contributed by atoms with E-state index < -0.39 is 11.8 Å². The van der Waals surface area contributed by atoms with Gasteiger partial charge in [0.15, 0.2) is 0 Å². The standard InChI is InChI=1S/C14H24N2O4/c17-13(16-19)11-12-7-5-3-1-2-4-6-9-20-10-8-15-14(12)18/h1,3,12,19H,2,4-11H2,(H,15,18)(H,16,17). The van der Waals surface area contributed by atoms with Gasteiger partial charge in [-0.15, -0.1) is 0 Å². The molecule has 1 rings (SSSR count). The number of nitrogens with one attached hydrogen (secondary N) is 2. The largest absolute Gasteiger partial charge is 0.380 e. The third kappa shape index (κ3) is 7.25. The average Bonchev–Trinajstić information content (AvgIpc) is 2.45. The van der Waals surface area contributed by atoms with Crippen LogP contribution in [0.2, 0.25) is 0 Å². The van der Waals surface area contributed by atoms with E-state index in [0.717, 1.165) is 25.7 Å². The number of rotatable bonds is 2. The van der Waals surface area contributed by atoms with Crippen molar-refractivity contribution in [1.29, 1.82) is 0 Å². The fourth-order valence-electron chi connectivity index (χ4n) is 2.09. The van der Waals surface area contributed by atoms with Crippen LogP contribution in [-0.2, 0) is 14.3 Å². The highest BCUT2D eigenvalue weighted by Crippen LogP contribution is 2.13. The van der Waals surface area contributed by atoms with Crippen LogP contribution in [0, 0.1) is 5.92 Å². The second-order valence-corrected chi connectivity index (χ2v) is 4.88. The van der Waals surface area contributed by atoms with Gasteiger partial charge in [0.05, 0.1) is 6.61 Å². The zero-order chi connectivity index (χ0) is 14.6. The fraction of sp³-hybridized carbons (Fsp3) is 0.714. The number of allylic oxidation sites excluding steroid dienone is 2. The minimum atomic E-state index is -0.536. The first-order valence-corrected chi connectivity index (χ1v) is 7.17. The topological polar surface area (TPSA) is 87.7 Å². The van der Waals surface area contributed by atoms with E-state index in [1.807, 2.05) is 6.08 Å². The van der Waals surface area contributed by atoms with Gasteiger partial charge >= 0.3 is 0 Å². The number of hydrogen-bond donors (Lipinski definition) is 3. The van der Waals surface area contributed by atoms with E-state index in [2.05, 4.69) is 11.4 Å². The summed E-state index contributed by atoms with van der Waals surface area (Å²) < 4.78 is 5.41. The summed E-state index contributed by atoms with van der Waals surface area (Å²) in [5.74, 6) is -1.12. The van der Waals surface area contributed by atoms with E-state index in [1.165, 1.54) is 0 Å². The normalized spacial score (nSPS) is 22.6. The summed E-state index contributed by atoms with van der Waals surface area (Å²) in [6, 6.07) is 0. The van der Waals surface area contributed by atoms with Crippen LogP contribution in [0.1, 0.15) is 38.5 Å². The monoisotopic (exact) mass is 284 g/mol. The Morgan fingerprint density at radius 2 is 2.15 bits per heavy atom. The molecule has 114 valence electrons. The number of hydrogen-bond acceptors (Lipinski definition) is 4. The van der Waals surface area contributed by atoms with E-state index in [-0.39, 0.29) is 12.3 Å². The molecule has 1 heterocycles. The minimum Gasteiger partial charge on any atom is -0.380 e. The van der Waals surface area contributed by atoms with Crippen LogP contribution < -0.4 is 10.8 Å². The van der Waals surface area contributed by atoms with Gasteiger partial charge in [-0.3, -0.25) is 14.8 Å². The van der Waals surface area contributed by atoms with Gasteiger partial charge in [0, 0.05) is 25.5 Å². The molecule has 2 amide bonds. The Kier molecular flexibility index (Phi) is 8.66. The van der Waals surface area contributed by atoms with Crippen molar-refractivity contribution >= 4 is 11.8 Å². The zero-order valence-electron chi connectivity index (χ0n) is 11.8. The van der Waals surface area contributed by atoms with Crippen LogP contribution in [0.3, 0.4) is 0 Å². The molecule has 6 nitrogen and oxygen atoms in total. The Labute approximate surface area is 119 Å². The van der Waals surface area contributed by atoms with E-state index in [1.54, 1.807) is 5.48 Å². The van der Waals surface area contributed by atoms with Gasteiger partial charge in [-0.25, -0.2) is 5.48 Å². The van der Waals surface area contributed by atoms with E-state index in [9.17, 15) is 9.59 Å². The van der Waals surface area contributed by atoms with Crippen LogP contribution in [0.4, 0.5) is 0 Å². The Hall–Kier alpha value is -1.40. The lowest BCUT2D eigenvalue weighted by Crippen LogP contribution is -2.36. The lowest BCUT2D eigenvalue weighted by atomic mass is 9.97. The van der Waals surface area contributed by atoms with E-state index in [4.69, 9.17) is 9.94 Å². The number of amides is 2. The molecule has 0 aromatic heterocycles. The third-order valence-electron chi connectivity index (χ3n) is 3.23. The highest BCUT2D eigenvalue weighted by Gasteiger charge is 2.20. The average molecular weight is 284 g/mol. The van der Waals surface area contributed by atoms with Crippen LogP contribution in [0.5, 0.6) is 0 Å². The zero-order valence-corrected chi connectivity index (χ0v) is 11.8. The first-order valence-electron chi connectivity index (χ1n) is 7.17. The van der Waals surface area contributed by atoms with Gasteiger partial charge in [0.2, 0.25) is 11.8 Å². The van der Waals surface area contributed by atoms with Crippen molar-refractivity contribution < 1.29 is 19.5 Å². The number of hydroxylamine groups is 1. The van der Waals surface area contributed by atoms with Gasteiger partial charge < -0.3 is 10.1 Å². The SMILES string of the molecule is O=C(CC1CCC=CCCCCOCCNC1=O)NO. The summed E-state index contributed by atoms with van der Waals surface area (Å²) in [6.07, 6.45) is 8.63. The van der Waals surface area contributed by atoms with Crippen LogP contribution in [0.15, 0.2) is 12.2 Å². The molecular weight excluding hydrogens is 260 g/mol. The maximum Gasteiger partial charge on any atom is 0.244 e. The maximum atomic E-state index is 12.0. The molecule has 0 aromatic rings. The summed E-state index contributed by atoms with van der Waals surface area (Å²) in [6.45, 7) is 1.65. The van der Waals surface area contributed by atoms with E-state index in [0.29, 0.717) is 26.2 Å². The molecule has 0 spiro atoms. The van der Waals surface area contributed by atoms with Crippen molar-refractivity contribution in [3.05, 3.63) is 12.2 Å². The van der Waals surface area contributed by atoms with E-state index >= 15 is 0 Å². The van der Waals surface area contributed by atoms with Crippen LogP contribution >= 0.6 is 0 Å². The second-order valence-electron chi connectivity index (χ2n) is 4.88. The second kappa shape index (κ2) is 10.4. The Balaban J connectivity index is 2.52. The Bertz CT molecular complexity index is 331. The third-order valence-corrected chi connectivity index (χ3v) is 3.23. The highest BCUT2D eigenvalue weighted by molar-refractivity contribution is 5.85. The predicted octanol–water partition coefficient (Wildman–Crippen LogP) is 1.15. The van der Waals surface area contributed by atoms with Crippen molar-refractivity contribution in [2.24, 2.45) is 5.92 Å². The van der Waals surface area contributed by atoms with Gasteiger partial charge in [-0.05, 0) is 32.1 Å². The summed E-state index contributed by atoms with van der Waals surface area (Å²) in [4.78, 5) is 23.2. The lowest BCUT2D eigenvalue weighted by molar-refractivity contribution is -0.135. The highest BCUT2D eigenvalue weighted by atomic mass is 16.5. The van der Waals surface area contributed by atoms with Crippen molar-refractivity contribution in [1.82, 2.24) is 10.8 Å². The molecule has 0 saturated carbocycles. The van der Waals surface area contributed by atoms with Gasteiger partial charge in [0.1, 0.15) is 0 Å². The van der Waals surface area contributed by atoms with Crippen molar-refractivity contribution in [3.63, 3.8) is 0 Å². The molecule has 0 saturated heterocycles. The summed E-state index contributed by atoms with van der Waals surface area (Å²) in [5, 5.41) is 11.3. The Morgan fingerprint density at radius 3 is 2.95 bits per heavy atom.